The Morgan fingerprint density at radius 1 is 1.35 bits per heavy atom. The highest BCUT2D eigenvalue weighted by molar-refractivity contribution is 5.99. The van der Waals surface area contributed by atoms with Crippen LogP contribution in [-0.2, 0) is 13.0 Å². The molecule has 7 nitrogen and oxygen atoms in total. The molecule has 0 atom stereocenters. The number of H-pyrrole nitrogens is 1. The maximum absolute atomic E-state index is 12.1. The first-order valence-corrected chi connectivity index (χ1v) is 7.66. The van der Waals surface area contributed by atoms with Crippen LogP contribution in [0.3, 0.4) is 0 Å². The molecule has 2 heterocycles. The zero-order valence-electron chi connectivity index (χ0n) is 13.3. The fraction of sp³-hybridized carbons (Fsp3) is 0.312. The van der Waals surface area contributed by atoms with Gasteiger partial charge in [0.1, 0.15) is 11.3 Å². The molecule has 0 spiro atoms. The predicted octanol–water partition coefficient (Wildman–Crippen LogP) is 2.45. The first-order chi connectivity index (χ1) is 11.2. The number of rotatable bonds is 5. The molecule has 0 bridgehead atoms. The number of aromatic nitrogens is 4. The van der Waals surface area contributed by atoms with Crippen LogP contribution in [-0.4, -0.2) is 32.1 Å². The summed E-state index contributed by atoms with van der Waals surface area (Å²) in [5.74, 6) is 1.02. The Morgan fingerprint density at radius 2 is 2.22 bits per heavy atom. The number of urea groups is 1. The molecule has 3 aromatic rings. The molecule has 1 aromatic carbocycles. The summed E-state index contributed by atoms with van der Waals surface area (Å²) in [5, 5.41) is 5.76. The maximum atomic E-state index is 12.1. The van der Waals surface area contributed by atoms with Crippen molar-refractivity contribution in [2.45, 2.75) is 26.8 Å². The second-order valence-electron chi connectivity index (χ2n) is 5.33. The van der Waals surface area contributed by atoms with Gasteiger partial charge in [0.05, 0.1) is 17.5 Å². The summed E-state index contributed by atoms with van der Waals surface area (Å²) in [6.45, 7) is 5.24. The van der Waals surface area contributed by atoms with Crippen LogP contribution in [0.15, 0.2) is 30.9 Å². The minimum atomic E-state index is -0.234. The van der Waals surface area contributed by atoms with Gasteiger partial charge in [-0.1, -0.05) is 13.0 Å². The molecule has 0 fully saturated rings. The van der Waals surface area contributed by atoms with Gasteiger partial charge in [0.15, 0.2) is 0 Å². The van der Waals surface area contributed by atoms with Gasteiger partial charge in [0.25, 0.3) is 0 Å². The van der Waals surface area contributed by atoms with Gasteiger partial charge in [-0.25, -0.2) is 14.8 Å². The summed E-state index contributed by atoms with van der Waals surface area (Å²) in [4.78, 5) is 23.7. The fourth-order valence-corrected chi connectivity index (χ4v) is 2.57. The van der Waals surface area contributed by atoms with Gasteiger partial charge in [-0.3, -0.25) is 0 Å². The van der Waals surface area contributed by atoms with E-state index in [1.54, 1.807) is 12.5 Å². The molecule has 0 saturated heterocycles. The normalized spacial score (nSPS) is 10.9. The van der Waals surface area contributed by atoms with Crippen LogP contribution in [0.1, 0.15) is 18.3 Å². The molecule has 0 aliphatic heterocycles. The number of aryl methyl sites for hydroxylation is 2. The molecule has 7 heteroatoms. The lowest BCUT2D eigenvalue weighted by molar-refractivity contribution is 0.251. The third-order valence-electron chi connectivity index (χ3n) is 3.79. The maximum Gasteiger partial charge on any atom is 0.319 e. The smallest absolute Gasteiger partial charge is 0.319 e. The second kappa shape index (κ2) is 6.51. The molecule has 2 amide bonds. The Morgan fingerprint density at radius 3 is 3.04 bits per heavy atom. The van der Waals surface area contributed by atoms with E-state index in [0.29, 0.717) is 13.1 Å². The van der Waals surface area contributed by atoms with Crippen LogP contribution < -0.4 is 10.6 Å². The summed E-state index contributed by atoms with van der Waals surface area (Å²) < 4.78 is 2.04. The average Bonchev–Trinajstić information content (AvgIpc) is 3.18. The second-order valence-corrected chi connectivity index (χ2v) is 5.33. The minimum absolute atomic E-state index is 0.234. The van der Waals surface area contributed by atoms with Crippen LogP contribution in [0.2, 0.25) is 0 Å². The molecule has 2 aromatic heterocycles. The van der Waals surface area contributed by atoms with Crippen LogP contribution >= 0.6 is 0 Å². The van der Waals surface area contributed by atoms with Crippen molar-refractivity contribution in [3.63, 3.8) is 0 Å². The third kappa shape index (κ3) is 3.18. The zero-order chi connectivity index (χ0) is 16.2. The highest BCUT2D eigenvalue weighted by Crippen LogP contribution is 2.24. The molecule has 0 unspecified atom stereocenters. The van der Waals surface area contributed by atoms with Gasteiger partial charge in [-0.05, 0) is 18.6 Å². The van der Waals surface area contributed by atoms with Crippen molar-refractivity contribution in [3.8, 4) is 0 Å². The number of carbonyl (C=O) groups excluding carboxylic acids is 1. The number of aromatic amines is 1. The summed E-state index contributed by atoms with van der Waals surface area (Å²) in [5.41, 5.74) is 3.38. The zero-order valence-corrected chi connectivity index (χ0v) is 13.3. The standard InChI is InChI=1S/C16H20N6O/c1-3-13-17-6-8-22(13)9-7-18-16(23)21-14-11(2)4-5-12-15(14)20-10-19-12/h4-6,8,10H,3,7,9H2,1-2H3,(H,19,20)(H2,18,21,23). The van der Waals surface area contributed by atoms with E-state index in [-0.39, 0.29) is 6.03 Å². The number of benzene rings is 1. The van der Waals surface area contributed by atoms with E-state index in [1.807, 2.05) is 29.8 Å². The molecule has 0 saturated carbocycles. The molecular formula is C16H20N6O. The molecule has 23 heavy (non-hydrogen) atoms. The van der Waals surface area contributed by atoms with E-state index in [0.717, 1.165) is 34.5 Å². The van der Waals surface area contributed by atoms with Crippen molar-refractivity contribution in [2.24, 2.45) is 0 Å². The van der Waals surface area contributed by atoms with E-state index in [4.69, 9.17) is 0 Å². The van der Waals surface area contributed by atoms with Crippen LogP contribution in [0, 0.1) is 6.92 Å². The van der Waals surface area contributed by atoms with Gasteiger partial charge in [0, 0.05) is 31.9 Å². The summed E-state index contributed by atoms with van der Waals surface area (Å²) in [6.07, 6.45) is 6.20. The van der Waals surface area contributed by atoms with E-state index in [9.17, 15) is 4.79 Å². The number of fused-ring (bicyclic) bond motifs is 1. The van der Waals surface area contributed by atoms with E-state index >= 15 is 0 Å². The molecule has 0 aliphatic rings. The summed E-state index contributed by atoms with van der Waals surface area (Å²) >= 11 is 0. The highest BCUT2D eigenvalue weighted by Gasteiger charge is 2.10. The number of hydrogen-bond donors (Lipinski definition) is 3. The predicted molar refractivity (Wildman–Crippen MR) is 89.5 cm³/mol. The van der Waals surface area contributed by atoms with Gasteiger partial charge in [-0.2, -0.15) is 0 Å². The van der Waals surface area contributed by atoms with Crippen molar-refractivity contribution in [2.75, 3.05) is 11.9 Å². The topological polar surface area (TPSA) is 87.6 Å². The molecular weight excluding hydrogens is 292 g/mol. The van der Waals surface area contributed by atoms with Gasteiger partial charge in [-0.15, -0.1) is 0 Å². The van der Waals surface area contributed by atoms with Crippen molar-refractivity contribution in [1.82, 2.24) is 24.8 Å². The summed E-state index contributed by atoms with van der Waals surface area (Å²) in [6, 6.07) is 3.67. The first kappa shape index (κ1) is 15.1. The molecule has 3 rings (SSSR count). The van der Waals surface area contributed by atoms with E-state index in [2.05, 4.69) is 32.5 Å². The number of nitrogens with zero attached hydrogens (tertiary/aromatic N) is 3. The summed E-state index contributed by atoms with van der Waals surface area (Å²) in [7, 11) is 0. The lowest BCUT2D eigenvalue weighted by Gasteiger charge is -2.11. The Hall–Kier alpha value is -2.83. The minimum Gasteiger partial charge on any atom is -0.345 e. The Kier molecular flexibility index (Phi) is 4.27. The quantitative estimate of drug-likeness (QED) is 0.676. The number of carbonyl (C=O) groups is 1. The SMILES string of the molecule is CCc1nccn1CCNC(=O)Nc1c(C)ccc2[nH]cnc12. The lowest BCUT2D eigenvalue weighted by atomic mass is 10.1. The number of imidazole rings is 2. The molecule has 0 aliphatic carbocycles. The average molecular weight is 312 g/mol. The lowest BCUT2D eigenvalue weighted by Crippen LogP contribution is -2.32. The third-order valence-corrected chi connectivity index (χ3v) is 3.79. The van der Waals surface area contributed by atoms with Crippen LogP contribution in [0.25, 0.3) is 11.0 Å². The highest BCUT2D eigenvalue weighted by atomic mass is 16.2. The van der Waals surface area contributed by atoms with Crippen molar-refractivity contribution >= 4 is 22.8 Å². The molecule has 0 radical (unpaired) electrons. The number of anilines is 1. The molecule has 120 valence electrons. The first-order valence-electron chi connectivity index (χ1n) is 7.66. The van der Waals surface area contributed by atoms with Gasteiger partial charge >= 0.3 is 6.03 Å². The van der Waals surface area contributed by atoms with Crippen LogP contribution in [0.4, 0.5) is 10.5 Å². The van der Waals surface area contributed by atoms with Crippen LogP contribution in [0.5, 0.6) is 0 Å². The Balaban J connectivity index is 1.61. The Bertz CT molecular complexity index is 819. The van der Waals surface area contributed by atoms with E-state index in [1.165, 1.54) is 0 Å². The van der Waals surface area contributed by atoms with Crippen molar-refractivity contribution in [1.29, 1.82) is 0 Å². The Labute approximate surface area is 134 Å². The fourth-order valence-electron chi connectivity index (χ4n) is 2.57. The number of nitrogens with one attached hydrogen (secondary N) is 3. The number of hydrogen-bond acceptors (Lipinski definition) is 3. The number of amides is 2. The monoisotopic (exact) mass is 312 g/mol. The largest absolute Gasteiger partial charge is 0.345 e. The van der Waals surface area contributed by atoms with Crippen molar-refractivity contribution in [3.05, 3.63) is 42.2 Å². The van der Waals surface area contributed by atoms with Gasteiger partial charge in [0.2, 0.25) is 0 Å². The van der Waals surface area contributed by atoms with Gasteiger partial charge < -0.3 is 20.2 Å². The van der Waals surface area contributed by atoms with E-state index < -0.39 is 0 Å². The van der Waals surface area contributed by atoms with Crippen molar-refractivity contribution < 1.29 is 4.79 Å². The molecule has 3 N–H and O–H groups in total.